The number of rotatable bonds is 3. The van der Waals surface area contributed by atoms with Gasteiger partial charge in [-0.3, -0.25) is 4.79 Å². The Morgan fingerprint density at radius 3 is 2.94 bits per heavy atom. The third kappa shape index (κ3) is 3.47. The largest absolute Gasteiger partial charge is 0.399 e. The van der Waals surface area contributed by atoms with E-state index in [1.54, 1.807) is 6.07 Å². The van der Waals surface area contributed by atoms with Gasteiger partial charge in [0.25, 0.3) is 5.91 Å². The van der Waals surface area contributed by atoms with E-state index in [0.717, 1.165) is 25.0 Å². The fourth-order valence-electron chi connectivity index (χ4n) is 2.22. The molecule has 4 nitrogen and oxygen atoms in total. The van der Waals surface area contributed by atoms with Gasteiger partial charge in [-0.1, -0.05) is 0 Å². The highest BCUT2D eigenvalue weighted by Gasteiger charge is 2.15. The van der Waals surface area contributed by atoms with Gasteiger partial charge in [0.1, 0.15) is 0 Å². The van der Waals surface area contributed by atoms with E-state index >= 15 is 0 Å². The van der Waals surface area contributed by atoms with E-state index in [1.165, 1.54) is 6.42 Å². The number of nitrogens with two attached hydrogens (primary N) is 1. The van der Waals surface area contributed by atoms with Crippen LogP contribution in [-0.2, 0) is 4.74 Å². The van der Waals surface area contributed by atoms with Gasteiger partial charge in [0.15, 0.2) is 0 Å². The molecule has 0 radical (unpaired) electrons. The van der Waals surface area contributed by atoms with Crippen molar-refractivity contribution in [3.8, 4) is 0 Å². The summed E-state index contributed by atoms with van der Waals surface area (Å²) >= 11 is 0. The molecule has 0 aromatic heterocycles. The summed E-state index contributed by atoms with van der Waals surface area (Å²) in [5.74, 6) is -0.0837. The van der Waals surface area contributed by atoms with Crippen LogP contribution < -0.4 is 11.1 Å². The minimum Gasteiger partial charge on any atom is -0.399 e. The van der Waals surface area contributed by atoms with Crippen molar-refractivity contribution >= 4 is 11.6 Å². The highest BCUT2D eigenvalue weighted by atomic mass is 16.5. The molecule has 1 aromatic carbocycles. The number of hydrogen-bond donors (Lipinski definition) is 2. The van der Waals surface area contributed by atoms with Crippen molar-refractivity contribution in [1.82, 2.24) is 5.32 Å². The van der Waals surface area contributed by atoms with Crippen molar-refractivity contribution in [2.45, 2.75) is 32.3 Å². The highest BCUT2D eigenvalue weighted by molar-refractivity contribution is 5.95. The van der Waals surface area contributed by atoms with Gasteiger partial charge in [-0.05, 0) is 49.9 Å². The lowest BCUT2D eigenvalue weighted by Crippen LogP contribution is -2.35. The van der Waals surface area contributed by atoms with Gasteiger partial charge in [0.2, 0.25) is 0 Å². The Hall–Kier alpha value is -1.55. The first-order chi connectivity index (χ1) is 8.65. The molecule has 18 heavy (non-hydrogen) atoms. The third-order valence-corrected chi connectivity index (χ3v) is 3.13. The van der Waals surface area contributed by atoms with Crippen LogP contribution in [0.2, 0.25) is 0 Å². The third-order valence-electron chi connectivity index (χ3n) is 3.13. The average Bonchev–Trinajstić information content (AvgIpc) is 2.36. The molecule has 2 rings (SSSR count). The molecule has 0 saturated carbocycles. The Morgan fingerprint density at radius 1 is 1.44 bits per heavy atom. The number of benzene rings is 1. The summed E-state index contributed by atoms with van der Waals surface area (Å²) in [6.45, 7) is 3.31. The summed E-state index contributed by atoms with van der Waals surface area (Å²) in [4.78, 5) is 12.0. The number of carbonyl (C=O) groups is 1. The van der Waals surface area contributed by atoms with Gasteiger partial charge in [0.05, 0.1) is 6.10 Å². The molecular weight excluding hydrogens is 228 g/mol. The van der Waals surface area contributed by atoms with Crippen molar-refractivity contribution in [2.75, 3.05) is 18.9 Å². The molecule has 1 saturated heterocycles. The maximum absolute atomic E-state index is 12.0. The highest BCUT2D eigenvalue weighted by Crippen LogP contribution is 2.13. The zero-order valence-electron chi connectivity index (χ0n) is 10.7. The number of nitrogen functional groups attached to an aromatic ring is 1. The van der Waals surface area contributed by atoms with Crippen molar-refractivity contribution in [3.63, 3.8) is 0 Å². The van der Waals surface area contributed by atoms with Crippen LogP contribution >= 0.6 is 0 Å². The Labute approximate surface area is 108 Å². The first-order valence-electron chi connectivity index (χ1n) is 6.42. The zero-order chi connectivity index (χ0) is 13.0. The lowest BCUT2D eigenvalue weighted by Gasteiger charge is -2.22. The summed E-state index contributed by atoms with van der Waals surface area (Å²) < 4.78 is 5.57. The van der Waals surface area contributed by atoms with Gasteiger partial charge in [-0.25, -0.2) is 0 Å². The van der Waals surface area contributed by atoms with Gasteiger partial charge in [-0.15, -0.1) is 0 Å². The van der Waals surface area contributed by atoms with Crippen LogP contribution in [0.1, 0.15) is 35.2 Å². The molecule has 3 N–H and O–H groups in total. The lowest BCUT2D eigenvalue weighted by molar-refractivity contribution is 0.0169. The predicted molar refractivity (Wildman–Crippen MR) is 71.5 cm³/mol. The fraction of sp³-hybridized carbons (Fsp3) is 0.500. The normalized spacial score (nSPS) is 19.5. The number of aryl methyl sites for hydroxylation is 1. The molecule has 1 fully saturated rings. The number of ether oxygens (including phenoxy) is 1. The second kappa shape index (κ2) is 5.87. The van der Waals surface area contributed by atoms with Crippen LogP contribution in [0.5, 0.6) is 0 Å². The number of amides is 1. The average molecular weight is 248 g/mol. The summed E-state index contributed by atoms with van der Waals surface area (Å²) in [6, 6.07) is 5.39. The topological polar surface area (TPSA) is 64.4 Å². The molecule has 98 valence electrons. The van der Waals surface area contributed by atoms with Crippen molar-refractivity contribution in [2.24, 2.45) is 0 Å². The molecule has 1 amide bonds. The Balaban J connectivity index is 1.90. The van der Waals surface area contributed by atoms with Crippen LogP contribution in [0.15, 0.2) is 18.2 Å². The van der Waals surface area contributed by atoms with Crippen molar-refractivity contribution in [1.29, 1.82) is 0 Å². The zero-order valence-corrected chi connectivity index (χ0v) is 10.7. The molecule has 1 unspecified atom stereocenters. The van der Waals surface area contributed by atoms with E-state index in [2.05, 4.69) is 5.32 Å². The quantitative estimate of drug-likeness (QED) is 0.803. The molecule has 0 aliphatic carbocycles. The fourth-order valence-corrected chi connectivity index (χ4v) is 2.22. The minimum atomic E-state index is -0.0837. The molecule has 4 heteroatoms. The minimum absolute atomic E-state index is 0.0837. The van der Waals surface area contributed by atoms with Crippen LogP contribution in [0, 0.1) is 6.92 Å². The van der Waals surface area contributed by atoms with Crippen molar-refractivity contribution in [3.05, 3.63) is 29.3 Å². The first-order valence-corrected chi connectivity index (χ1v) is 6.42. The standard InChI is InChI=1S/C14H20N2O2/c1-10-6-11(8-12(15)7-10)14(17)16-9-13-4-2-3-5-18-13/h6-8,13H,2-5,9,15H2,1H3,(H,16,17). The summed E-state index contributed by atoms with van der Waals surface area (Å²) in [6.07, 6.45) is 3.48. The summed E-state index contributed by atoms with van der Waals surface area (Å²) in [5, 5.41) is 2.90. The van der Waals surface area contributed by atoms with E-state index in [1.807, 2.05) is 19.1 Å². The molecular formula is C14H20N2O2. The van der Waals surface area contributed by atoms with E-state index < -0.39 is 0 Å². The number of hydrogen-bond acceptors (Lipinski definition) is 3. The van der Waals surface area contributed by atoms with Crippen LogP contribution in [0.25, 0.3) is 0 Å². The molecule has 0 bridgehead atoms. The molecule has 1 atom stereocenters. The Bertz CT molecular complexity index is 406. The van der Waals surface area contributed by atoms with Gasteiger partial charge >= 0.3 is 0 Å². The second-order valence-electron chi connectivity index (χ2n) is 4.83. The summed E-state index contributed by atoms with van der Waals surface area (Å²) in [5.41, 5.74) is 7.96. The van der Waals surface area contributed by atoms with E-state index in [9.17, 15) is 4.79 Å². The molecule has 1 aliphatic heterocycles. The molecule has 1 heterocycles. The van der Waals surface area contributed by atoms with Gasteiger partial charge in [0, 0.05) is 24.4 Å². The van der Waals surface area contributed by atoms with Crippen molar-refractivity contribution < 1.29 is 9.53 Å². The lowest BCUT2D eigenvalue weighted by atomic mass is 10.1. The van der Waals surface area contributed by atoms with E-state index in [4.69, 9.17) is 10.5 Å². The predicted octanol–water partition coefficient (Wildman–Crippen LogP) is 1.88. The van der Waals surface area contributed by atoms with Crippen LogP contribution in [0.3, 0.4) is 0 Å². The van der Waals surface area contributed by atoms with E-state index in [0.29, 0.717) is 17.8 Å². The monoisotopic (exact) mass is 248 g/mol. The molecule has 1 aliphatic rings. The Morgan fingerprint density at radius 2 is 2.28 bits per heavy atom. The number of carbonyl (C=O) groups excluding carboxylic acids is 1. The smallest absolute Gasteiger partial charge is 0.251 e. The number of nitrogens with one attached hydrogen (secondary N) is 1. The van der Waals surface area contributed by atoms with E-state index in [-0.39, 0.29) is 12.0 Å². The maximum atomic E-state index is 12.0. The van der Waals surface area contributed by atoms with Crippen LogP contribution in [-0.4, -0.2) is 25.2 Å². The van der Waals surface area contributed by atoms with Crippen LogP contribution in [0.4, 0.5) is 5.69 Å². The van der Waals surface area contributed by atoms with Gasteiger partial charge in [-0.2, -0.15) is 0 Å². The Kier molecular flexibility index (Phi) is 4.20. The first kappa shape index (κ1) is 12.9. The molecule has 0 spiro atoms. The number of anilines is 1. The summed E-state index contributed by atoms with van der Waals surface area (Å²) in [7, 11) is 0. The maximum Gasteiger partial charge on any atom is 0.251 e. The van der Waals surface area contributed by atoms with Gasteiger partial charge < -0.3 is 15.8 Å². The second-order valence-corrected chi connectivity index (χ2v) is 4.83. The molecule has 1 aromatic rings. The SMILES string of the molecule is Cc1cc(N)cc(C(=O)NCC2CCCCO2)c1.